The molecule has 2 N–H and O–H groups in total. The fourth-order valence-electron chi connectivity index (χ4n) is 2.03. The first-order valence-corrected chi connectivity index (χ1v) is 9.91. The average molecular weight is 466 g/mol. The molecular weight excluding hydrogens is 446 g/mol. The van der Waals surface area contributed by atoms with Crippen molar-refractivity contribution in [1.29, 1.82) is 0 Å². The molecule has 0 bridgehead atoms. The highest BCUT2D eigenvalue weighted by molar-refractivity contribution is 9.10. The summed E-state index contributed by atoms with van der Waals surface area (Å²) in [6, 6.07) is 13.4. The van der Waals surface area contributed by atoms with Crippen LogP contribution in [-0.4, -0.2) is 38.2 Å². The zero-order chi connectivity index (χ0) is 20.4. The second-order valence-electron chi connectivity index (χ2n) is 5.35. The summed E-state index contributed by atoms with van der Waals surface area (Å²) in [6.07, 6.45) is 1.55. The Morgan fingerprint density at radius 3 is 2.64 bits per heavy atom. The summed E-state index contributed by atoms with van der Waals surface area (Å²) in [4.78, 5) is 11.2. The number of methoxy groups -OCH3 is 2. The number of rotatable bonds is 8. The Morgan fingerprint density at radius 2 is 1.96 bits per heavy atom. The van der Waals surface area contributed by atoms with E-state index in [0.29, 0.717) is 26.7 Å². The lowest BCUT2D eigenvalue weighted by atomic mass is 10.2. The largest absolute Gasteiger partial charge is 0.493 e. The van der Waals surface area contributed by atoms with E-state index in [1.54, 1.807) is 18.3 Å². The van der Waals surface area contributed by atoms with Crippen molar-refractivity contribution >= 4 is 45.0 Å². The topological polar surface area (TPSA) is 95.5 Å². The van der Waals surface area contributed by atoms with Gasteiger partial charge in [-0.25, -0.2) is 4.79 Å². The van der Waals surface area contributed by atoms with Gasteiger partial charge in [0.15, 0.2) is 23.3 Å². The molecule has 0 unspecified atom stereocenters. The molecule has 0 spiro atoms. The van der Waals surface area contributed by atoms with Gasteiger partial charge in [0.1, 0.15) is 0 Å². The number of ether oxygens (including phenoxy) is 3. The average Bonchev–Trinajstić information content (AvgIpc) is 2.72. The first kappa shape index (κ1) is 21.8. The number of amidine groups is 1. The van der Waals surface area contributed by atoms with Gasteiger partial charge in [-0.15, -0.1) is 5.10 Å². The molecule has 0 aliphatic heterocycles. The van der Waals surface area contributed by atoms with Crippen LogP contribution >= 0.6 is 27.7 Å². The van der Waals surface area contributed by atoms with Crippen LogP contribution in [-0.2, 0) is 15.3 Å². The van der Waals surface area contributed by atoms with Crippen molar-refractivity contribution in [3.63, 3.8) is 0 Å². The summed E-state index contributed by atoms with van der Waals surface area (Å²) in [6.45, 7) is -0.216. The number of nitrogens with zero attached hydrogens (tertiary/aromatic N) is 2. The summed E-state index contributed by atoms with van der Waals surface area (Å²) in [5.74, 6) is 1.08. The molecule has 148 valence electrons. The maximum absolute atomic E-state index is 11.2. The monoisotopic (exact) mass is 465 g/mol. The van der Waals surface area contributed by atoms with Gasteiger partial charge in [0, 0.05) is 15.8 Å². The number of hydrogen-bond acceptors (Lipinski definition) is 7. The second kappa shape index (κ2) is 11.4. The Kier molecular flexibility index (Phi) is 8.83. The van der Waals surface area contributed by atoms with Crippen molar-refractivity contribution in [2.75, 3.05) is 20.8 Å². The van der Waals surface area contributed by atoms with Crippen LogP contribution in [0.2, 0.25) is 0 Å². The lowest BCUT2D eigenvalue weighted by Crippen LogP contribution is -2.13. The number of carbonyl (C=O) groups excluding carboxylic acids is 1. The molecule has 28 heavy (non-hydrogen) atoms. The van der Waals surface area contributed by atoms with Crippen LogP contribution < -0.4 is 15.2 Å². The van der Waals surface area contributed by atoms with Crippen molar-refractivity contribution in [3.05, 3.63) is 58.1 Å². The van der Waals surface area contributed by atoms with Crippen LogP contribution in [0.15, 0.2) is 57.1 Å². The Bertz CT molecular complexity index is 860. The third kappa shape index (κ3) is 6.90. The van der Waals surface area contributed by atoms with Crippen molar-refractivity contribution in [3.8, 4) is 11.5 Å². The molecule has 2 aromatic carbocycles. The minimum absolute atomic E-state index is 0.216. The third-order valence-corrected chi connectivity index (χ3v) is 4.98. The van der Waals surface area contributed by atoms with Crippen LogP contribution in [0.3, 0.4) is 0 Å². The highest BCUT2D eigenvalue weighted by Crippen LogP contribution is 2.33. The van der Waals surface area contributed by atoms with Crippen LogP contribution in [0.5, 0.6) is 11.5 Å². The normalized spacial score (nSPS) is 11.5. The quantitative estimate of drug-likeness (QED) is 0.277. The summed E-state index contributed by atoms with van der Waals surface area (Å²) in [5.41, 5.74) is 7.76. The molecule has 0 heterocycles. The predicted octanol–water partition coefficient (Wildman–Crippen LogP) is 3.59. The van der Waals surface area contributed by atoms with Gasteiger partial charge in [0.25, 0.3) is 0 Å². The lowest BCUT2D eigenvalue weighted by molar-refractivity contribution is -0.142. The predicted molar refractivity (Wildman–Crippen MR) is 115 cm³/mol. The van der Waals surface area contributed by atoms with Crippen molar-refractivity contribution in [1.82, 2.24) is 0 Å². The highest BCUT2D eigenvalue weighted by atomic mass is 79.9. The van der Waals surface area contributed by atoms with Gasteiger partial charge < -0.3 is 19.9 Å². The number of thioether (sulfide) groups is 1. The van der Waals surface area contributed by atoms with E-state index in [0.717, 1.165) is 11.3 Å². The number of carbonyl (C=O) groups is 1. The van der Waals surface area contributed by atoms with E-state index in [-0.39, 0.29) is 6.61 Å². The molecule has 0 aliphatic carbocycles. The van der Waals surface area contributed by atoms with E-state index in [1.807, 2.05) is 30.3 Å². The number of esters is 1. The molecule has 0 saturated heterocycles. The van der Waals surface area contributed by atoms with Crippen molar-refractivity contribution in [2.24, 2.45) is 15.9 Å². The number of hydrogen-bond donors (Lipinski definition) is 1. The summed E-state index contributed by atoms with van der Waals surface area (Å²) < 4.78 is 16.0. The molecule has 0 aliphatic rings. The van der Waals surface area contributed by atoms with Gasteiger partial charge >= 0.3 is 5.97 Å². The standard InChI is InChI=1S/C19H20BrN3O4S/c1-25-16-8-14(15(20)9-17(16)27-11-18(24)26-2)10-22-23-19(21)28-12-13-6-4-3-5-7-13/h3-10H,11-12H2,1-2H3,(H2,21,23). The van der Waals surface area contributed by atoms with E-state index in [9.17, 15) is 4.79 Å². The molecule has 2 aromatic rings. The van der Waals surface area contributed by atoms with E-state index >= 15 is 0 Å². The zero-order valence-electron chi connectivity index (χ0n) is 15.4. The SMILES string of the molecule is COC(=O)COc1cc(Br)c(C=NN=C(N)SCc2ccccc2)cc1OC. The van der Waals surface area contributed by atoms with Crippen LogP contribution in [0.4, 0.5) is 0 Å². The second-order valence-corrected chi connectivity index (χ2v) is 7.20. The summed E-state index contributed by atoms with van der Waals surface area (Å²) >= 11 is 4.84. The Labute approximate surface area is 176 Å². The van der Waals surface area contributed by atoms with Crippen molar-refractivity contribution < 1.29 is 19.0 Å². The van der Waals surface area contributed by atoms with Crippen LogP contribution in [0.1, 0.15) is 11.1 Å². The molecule has 0 radical (unpaired) electrons. The number of benzene rings is 2. The van der Waals surface area contributed by atoms with E-state index in [4.69, 9.17) is 15.2 Å². The molecule has 0 atom stereocenters. The first-order valence-electron chi connectivity index (χ1n) is 8.14. The molecule has 7 nitrogen and oxygen atoms in total. The molecule has 9 heteroatoms. The maximum Gasteiger partial charge on any atom is 0.343 e. The number of nitrogens with two attached hydrogens (primary N) is 1. The highest BCUT2D eigenvalue weighted by Gasteiger charge is 2.11. The molecule has 0 fully saturated rings. The maximum atomic E-state index is 11.2. The Balaban J connectivity index is 2.02. The Hall–Kier alpha value is -2.52. The summed E-state index contributed by atoms with van der Waals surface area (Å²) in [5, 5.41) is 8.38. The smallest absolute Gasteiger partial charge is 0.343 e. The van der Waals surface area contributed by atoms with Gasteiger partial charge in [-0.2, -0.15) is 5.10 Å². The molecule has 0 saturated carbocycles. The fraction of sp³-hybridized carbons (Fsp3) is 0.211. The van der Waals surface area contributed by atoms with Gasteiger partial charge in [-0.3, -0.25) is 0 Å². The third-order valence-electron chi connectivity index (χ3n) is 3.44. The van der Waals surface area contributed by atoms with Crippen LogP contribution in [0.25, 0.3) is 0 Å². The molecule has 2 rings (SSSR count). The zero-order valence-corrected chi connectivity index (χ0v) is 17.8. The molecule has 0 amide bonds. The fourth-order valence-corrected chi connectivity index (χ4v) is 3.06. The van der Waals surface area contributed by atoms with Gasteiger partial charge in [0.2, 0.25) is 0 Å². The van der Waals surface area contributed by atoms with Crippen molar-refractivity contribution in [2.45, 2.75) is 5.75 Å². The Morgan fingerprint density at radius 1 is 1.21 bits per heavy atom. The minimum atomic E-state index is -0.485. The van der Waals surface area contributed by atoms with E-state index < -0.39 is 5.97 Å². The minimum Gasteiger partial charge on any atom is -0.493 e. The van der Waals surface area contributed by atoms with Gasteiger partial charge in [-0.05, 0) is 33.6 Å². The summed E-state index contributed by atoms with van der Waals surface area (Å²) in [7, 11) is 2.80. The number of halogens is 1. The van der Waals surface area contributed by atoms with E-state index in [2.05, 4.69) is 30.9 Å². The van der Waals surface area contributed by atoms with Gasteiger partial charge in [0.05, 0.1) is 20.4 Å². The molecule has 0 aromatic heterocycles. The van der Waals surface area contributed by atoms with Crippen LogP contribution in [0, 0.1) is 0 Å². The van der Waals surface area contributed by atoms with E-state index in [1.165, 1.54) is 26.0 Å². The molecular formula is C19H20BrN3O4S. The first-order chi connectivity index (χ1) is 13.5. The van der Waals surface area contributed by atoms with Gasteiger partial charge in [-0.1, -0.05) is 42.1 Å². The lowest BCUT2D eigenvalue weighted by Gasteiger charge is -2.11.